The number of nitrogens with one attached hydrogen (secondary N) is 2. The number of methoxy groups -OCH3 is 1. The van der Waals surface area contributed by atoms with E-state index < -0.39 is 5.91 Å². The Labute approximate surface area is 168 Å². The minimum atomic E-state index is -0.399. The van der Waals surface area contributed by atoms with E-state index in [0.717, 1.165) is 0 Å². The quantitative estimate of drug-likeness (QED) is 0.673. The lowest BCUT2D eigenvalue weighted by molar-refractivity contribution is 0.0955. The first kappa shape index (κ1) is 21.3. The van der Waals surface area contributed by atoms with Gasteiger partial charge in [0.05, 0.1) is 18.4 Å². The minimum Gasteiger partial charge on any atom is -0.493 e. The Balaban J connectivity index is 0.00000280. The molecule has 0 spiro atoms. The zero-order valence-electron chi connectivity index (χ0n) is 15.3. The van der Waals surface area contributed by atoms with Crippen molar-refractivity contribution < 1.29 is 23.8 Å². The summed E-state index contributed by atoms with van der Waals surface area (Å²) in [4.78, 5) is 25.0. The Morgan fingerprint density at radius 1 is 1.14 bits per heavy atom. The molecule has 0 aliphatic carbocycles. The molecule has 2 amide bonds. The summed E-state index contributed by atoms with van der Waals surface area (Å²) in [5, 5.41) is 5.45. The van der Waals surface area contributed by atoms with Crippen LogP contribution in [0.5, 0.6) is 17.2 Å². The van der Waals surface area contributed by atoms with Gasteiger partial charge >= 0.3 is 0 Å². The summed E-state index contributed by atoms with van der Waals surface area (Å²) < 4.78 is 16.4. The van der Waals surface area contributed by atoms with Gasteiger partial charge in [0.1, 0.15) is 13.2 Å². The molecule has 0 unspecified atom stereocenters. The lowest BCUT2D eigenvalue weighted by Gasteiger charge is -2.21. The molecule has 1 aliphatic rings. The minimum absolute atomic E-state index is 0. The van der Waals surface area contributed by atoms with E-state index in [1.54, 1.807) is 36.4 Å². The van der Waals surface area contributed by atoms with Crippen LogP contribution in [0.2, 0.25) is 0 Å². The predicted octanol–water partition coefficient (Wildman–Crippen LogP) is 1.83. The van der Waals surface area contributed by atoms with E-state index in [1.165, 1.54) is 7.11 Å². The molecule has 2 aromatic rings. The highest BCUT2D eigenvalue weighted by Gasteiger charge is 2.21. The molecule has 2 aromatic carbocycles. The fraction of sp³-hybridized carbons (Fsp3) is 0.263. The average Bonchev–Trinajstić information content (AvgIpc) is 2.71. The van der Waals surface area contributed by atoms with Gasteiger partial charge in [-0.3, -0.25) is 9.59 Å². The highest BCUT2D eigenvalue weighted by molar-refractivity contribution is 6.09. The molecular weight excluding hydrogens is 386 g/mol. The SMILES string of the molecule is COc1cc(C(=O)Nc2ccccc2C(=O)NCCN)cc2c1OCCO2.Cl. The van der Waals surface area contributed by atoms with Crippen LogP contribution in [0.25, 0.3) is 0 Å². The maximum absolute atomic E-state index is 12.7. The summed E-state index contributed by atoms with van der Waals surface area (Å²) in [6.45, 7) is 1.49. The number of benzene rings is 2. The van der Waals surface area contributed by atoms with Gasteiger partial charge in [0.25, 0.3) is 11.8 Å². The number of anilines is 1. The average molecular weight is 408 g/mol. The lowest BCUT2D eigenvalue weighted by Crippen LogP contribution is -2.30. The van der Waals surface area contributed by atoms with Crippen LogP contribution in [0.15, 0.2) is 36.4 Å². The van der Waals surface area contributed by atoms with E-state index in [-0.39, 0.29) is 18.3 Å². The van der Waals surface area contributed by atoms with Crippen LogP contribution in [0.1, 0.15) is 20.7 Å². The molecule has 3 rings (SSSR count). The van der Waals surface area contributed by atoms with Gasteiger partial charge in [-0.1, -0.05) is 12.1 Å². The standard InChI is InChI=1S/C19H21N3O5.ClH/c1-25-15-10-12(11-16-17(15)27-9-8-26-16)18(23)22-14-5-3-2-4-13(14)19(24)21-7-6-20;/h2-5,10-11H,6-9,20H2,1H3,(H,21,24)(H,22,23);1H. The molecule has 4 N–H and O–H groups in total. The molecule has 0 aromatic heterocycles. The molecule has 8 nitrogen and oxygen atoms in total. The number of amides is 2. The van der Waals surface area contributed by atoms with Crippen LogP contribution in [0.3, 0.4) is 0 Å². The van der Waals surface area contributed by atoms with E-state index in [4.69, 9.17) is 19.9 Å². The molecule has 9 heteroatoms. The zero-order chi connectivity index (χ0) is 19.2. The molecule has 1 aliphatic heterocycles. The lowest BCUT2D eigenvalue weighted by atomic mass is 10.1. The molecule has 0 radical (unpaired) electrons. The Hall–Kier alpha value is -2.97. The maximum atomic E-state index is 12.7. The molecular formula is C19H22ClN3O5. The van der Waals surface area contributed by atoms with E-state index >= 15 is 0 Å². The first-order chi connectivity index (χ1) is 13.1. The van der Waals surface area contributed by atoms with Gasteiger partial charge in [-0.15, -0.1) is 12.4 Å². The number of carbonyl (C=O) groups excluding carboxylic acids is 2. The maximum Gasteiger partial charge on any atom is 0.255 e. The van der Waals surface area contributed by atoms with Crippen LogP contribution in [0, 0.1) is 0 Å². The molecule has 1 heterocycles. The Morgan fingerprint density at radius 2 is 1.89 bits per heavy atom. The third kappa shape index (κ3) is 4.65. The smallest absolute Gasteiger partial charge is 0.255 e. The molecule has 0 saturated carbocycles. The molecule has 0 saturated heterocycles. The van der Waals surface area contributed by atoms with E-state index in [1.807, 2.05) is 0 Å². The van der Waals surface area contributed by atoms with Crippen molar-refractivity contribution in [3.05, 3.63) is 47.5 Å². The van der Waals surface area contributed by atoms with Gasteiger partial charge in [0.15, 0.2) is 11.5 Å². The van der Waals surface area contributed by atoms with Crippen molar-refractivity contribution in [1.29, 1.82) is 0 Å². The number of fused-ring (bicyclic) bond motifs is 1. The number of nitrogens with two attached hydrogens (primary N) is 1. The van der Waals surface area contributed by atoms with Gasteiger partial charge in [-0.05, 0) is 24.3 Å². The second kappa shape index (κ2) is 9.82. The number of halogens is 1. The molecule has 0 bridgehead atoms. The number of carbonyl (C=O) groups is 2. The van der Waals surface area contributed by atoms with Gasteiger partial charge in [0.2, 0.25) is 5.75 Å². The largest absolute Gasteiger partial charge is 0.493 e. The second-order valence-electron chi connectivity index (χ2n) is 5.75. The molecule has 0 fully saturated rings. The van der Waals surface area contributed by atoms with Crippen LogP contribution in [0.4, 0.5) is 5.69 Å². The monoisotopic (exact) mass is 407 g/mol. The fourth-order valence-corrected chi connectivity index (χ4v) is 2.67. The van der Waals surface area contributed by atoms with Crippen molar-refractivity contribution in [2.45, 2.75) is 0 Å². The fourth-order valence-electron chi connectivity index (χ4n) is 2.67. The third-order valence-electron chi connectivity index (χ3n) is 3.94. The van der Waals surface area contributed by atoms with Crippen LogP contribution >= 0.6 is 12.4 Å². The second-order valence-corrected chi connectivity index (χ2v) is 5.75. The van der Waals surface area contributed by atoms with Crippen LogP contribution in [-0.2, 0) is 0 Å². The van der Waals surface area contributed by atoms with Crippen molar-refractivity contribution in [3.8, 4) is 17.2 Å². The molecule has 28 heavy (non-hydrogen) atoms. The number of ether oxygens (including phenoxy) is 3. The van der Waals surface area contributed by atoms with Crippen molar-refractivity contribution in [3.63, 3.8) is 0 Å². The third-order valence-corrected chi connectivity index (χ3v) is 3.94. The zero-order valence-corrected chi connectivity index (χ0v) is 16.1. The van der Waals surface area contributed by atoms with Gasteiger partial charge < -0.3 is 30.6 Å². The highest BCUT2D eigenvalue weighted by Crippen LogP contribution is 2.40. The summed E-state index contributed by atoms with van der Waals surface area (Å²) in [5.41, 5.74) is 6.49. The molecule has 150 valence electrons. The van der Waals surface area contributed by atoms with Crippen molar-refractivity contribution in [2.24, 2.45) is 5.73 Å². The summed E-state index contributed by atoms with van der Waals surface area (Å²) >= 11 is 0. The van der Waals surface area contributed by atoms with Crippen LogP contribution in [-0.4, -0.2) is 45.2 Å². The summed E-state index contributed by atoms with van der Waals surface area (Å²) in [6.07, 6.45) is 0. The van der Waals surface area contributed by atoms with Gasteiger partial charge in [-0.25, -0.2) is 0 Å². The highest BCUT2D eigenvalue weighted by atomic mass is 35.5. The van der Waals surface area contributed by atoms with E-state index in [2.05, 4.69) is 10.6 Å². The number of rotatable bonds is 6. The normalized spacial score (nSPS) is 11.8. The van der Waals surface area contributed by atoms with Gasteiger partial charge in [0, 0.05) is 18.7 Å². The first-order valence-corrected chi connectivity index (χ1v) is 8.50. The molecule has 0 atom stereocenters. The number of hydrogen-bond acceptors (Lipinski definition) is 6. The van der Waals surface area contributed by atoms with Crippen molar-refractivity contribution >= 4 is 29.9 Å². The van der Waals surface area contributed by atoms with Crippen LogP contribution < -0.4 is 30.6 Å². The summed E-state index contributed by atoms with van der Waals surface area (Å²) in [7, 11) is 1.49. The Bertz CT molecular complexity index is 842. The summed E-state index contributed by atoms with van der Waals surface area (Å²) in [5.74, 6) is 0.619. The Morgan fingerprint density at radius 3 is 2.64 bits per heavy atom. The Kier molecular flexibility index (Phi) is 7.48. The number of hydrogen-bond donors (Lipinski definition) is 3. The number of para-hydroxylation sites is 1. The topological polar surface area (TPSA) is 112 Å². The van der Waals surface area contributed by atoms with Crippen molar-refractivity contribution in [1.82, 2.24) is 5.32 Å². The van der Waals surface area contributed by atoms with E-state index in [0.29, 0.717) is 60.4 Å². The first-order valence-electron chi connectivity index (χ1n) is 8.50. The van der Waals surface area contributed by atoms with Gasteiger partial charge in [-0.2, -0.15) is 0 Å². The van der Waals surface area contributed by atoms with Crippen molar-refractivity contribution in [2.75, 3.05) is 38.7 Å². The summed E-state index contributed by atoms with van der Waals surface area (Å²) in [6, 6.07) is 9.90. The van der Waals surface area contributed by atoms with E-state index in [9.17, 15) is 9.59 Å². The predicted molar refractivity (Wildman–Crippen MR) is 107 cm³/mol.